The first-order chi connectivity index (χ1) is 37.7. The lowest BCUT2D eigenvalue weighted by molar-refractivity contribution is 1.13. The third kappa shape index (κ3) is 6.38. The molecule has 0 unspecified atom stereocenters. The van der Waals surface area contributed by atoms with E-state index < -0.39 is 16.1 Å². The summed E-state index contributed by atoms with van der Waals surface area (Å²) in [6, 6.07) is 114. The molecule has 0 N–H and O–H groups in total. The third-order valence-corrected chi connectivity index (χ3v) is 26.3. The van der Waals surface area contributed by atoms with Crippen molar-refractivity contribution in [2.75, 3.05) is 0 Å². The van der Waals surface area contributed by atoms with Crippen molar-refractivity contribution in [1.29, 1.82) is 0 Å². The average molecular weight is 999 g/mol. The van der Waals surface area contributed by atoms with E-state index in [0.717, 1.165) is 11.4 Å². The monoisotopic (exact) mass is 998 g/mol. The third-order valence-electron chi connectivity index (χ3n) is 16.6. The molecule has 4 heteroatoms. The molecule has 0 amide bonds. The maximum atomic E-state index is 2.55. The number of aromatic nitrogens is 2. The topological polar surface area (TPSA) is 9.86 Å². The summed E-state index contributed by atoms with van der Waals surface area (Å²) < 4.78 is 5.07. The molecule has 15 rings (SSSR count). The number of hydrogen-bond donors (Lipinski definition) is 0. The van der Waals surface area contributed by atoms with Crippen LogP contribution in [0.15, 0.2) is 303 Å². The van der Waals surface area contributed by atoms with Gasteiger partial charge in [0.15, 0.2) is 16.1 Å². The minimum absolute atomic E-state index is 1.13. The zero-order chi connectivity index (χ0) is 50.2. The standard InChI is InChI=1S/C72H50N2Si2/c1-6-24-53(25-7-1)75(54-26-8-2-9-27-54,55-28-10-3-11-29-55)58-47-45-52(46-48-58)73-66-40-19-17-35-61(66)64-38-23-42-68(71(64)73)74-67-41-20-16-34-60(67)62-49-44-51(50-69(62)74)59-37-22-39-65-63-36-18-21-43-70(63)76(72(59)65,56-30-12-4-13-31-56)57-32-14-5-15-33-57/h1-50H. The molecule has 1 aliphatic heterocycles. The molecule has 2 nitrogen and oxygen atoms in total. The van der Waals surface area contributed by atoms with Gasteiger partial charge in [-0.05, 0) is 100 Å². The Labute approximate surface area is 444 Å². The fourth-order valence-corrected chi connectivity index (χ4v) is 23.7. The van der Waals surface area contributed by atoms with Crippen molar-refractivity contribution in [1.82, 2.24) is 9.13 Å². The predicted octanol–water partition coefficient (Wildman–Crippen LogP) is 12.3. The molecule has 0 aliphatic carbocycles. The first-order valence-corrected chi connectivity index (χ1v) is 30.4. The number of fused-ring (bicyclic) bond motifs is 9. The highest BCUT2D eigenvalue weighted by Crippen LogP contribution is 2.41. The van der Waals surface area contributed by atoms with Crippen LogP contribution in [0.2, 0.25) is 0 Å². The van der Waals surface area contributed by atoms with Gasteiger partial charge in [0.2, 0.25) is 0 Å². The molecule has 0 atom stereocenters. The van der Waals surface area contributed by atoms with Gasteiger partial charge in [-0.3, -0.25) is 0 Å². The Bertz CT molecular complexity index is 4350. The maximum absolute atomic E-state index is 2.81. The van der Waals surface area contributed by atoms with Crippen LogP contribution in [0.1, 0.15) is 0 Å². The van der Waals surface area contributed by atoms with Gasteiger partial charge in [-0.1, -0.05) is 267 Å². The molecule has 356 valence electrons. The highest BCUT2D eigenvalue weighted by Gasteiger charge is 2.50. The van der Waals surface area contributed by atoms with E-state index in [2.05, 4.69) is 312 Å². The van der Waals surface area contributed by atoms with Crippen LogP contribution in [0.3, 0.4) is 0 Å². The SMILES string of the molecule is c1ccc([Si](c2ccccc2)(c2ccccc2)c2ccc(-n3c4ccccc4c4cccc(-n5c6ccccc6c6ccc(-c7cccc8c7[Si](c7ccccc7)(c7ccccc7)c7ccccc7-8)cc65)c43)cc2)cc1. The van der Waals surface area contributed by atoms with E-state index in [9.17, 15) is 0 Å². The molecule has 0 saturated heterocycles. The van der Waals surface area contributed by atoms with Gasteiger partial charge in [0.05, 0.1) is 27.8 Å². The molecule has 2 aromatic heterocycles. The van der Waals surface area contributed by atoms with Gasteiger partial charge < -0.3 is 9.13 Å². The average Bonchev–Trinajstić information content (AvgIpc) is 4.25. The van der Waals surface area contributed by atoms with Crippen molar-refractivity contribution in [2.45, 2.75) is 0 Å². The molecule has 0 fully saturated rings. The molecule has 0 radical (unpaired) electrons. The Balaban J connectivity index is 0.973. The lowest BCUT2D eigenvalue weighted by Gasteiger charge is -2.34. The van der Waals surface area contributed by atoms with Gasteiger partial charge in [0.25, 0.3) is 0 Å². The second-order valence-corrected chi connectivity index (χ2v) is 27.8. The van der Waals surface area contributed by atoms with Crippen LogP contribution in [0.5, 0.6) is 0 Å². The molecule has 12 aromatic carbocycles. The van der Waals surface area contributed by atoms with E-state index in [-0.39, 0.29) is 0 Å². The van der Waals surface area contributed by atoms with Gasteiger partial charge in [-0.15, -0.1) is 0 Å². The van der Waals surface area contributed by atoms with Crippen LogP contribution in [-0.2, 0) is 0 Å². The van der Waals surface area contributed by atoms with E-state index in [1.807, 2.05) is 0 Å². The molecule has 1 aliphatic rings. The number of para-hydroxylation sites is 3. The van der Waals surface area contributed by atoms with Crippen molar-refractivity contribution >= 4 is 101 Å². The molecule has 76 heavy (non-hydrogen) atoms. The predicted molar refractivity (Wildman–Crippen MR) is 327 cm³/mol. The van der Waals surface area contributed by atoms with Crippen molar-refractivity contribution in [3.63, 3.8) is 0 Å². The summed E-state index contributed by atoms with van der Waals surface area (Å²) in [5.41, 5.74) is 12.2. The summed E-state index contributed by atoms with van der Waals surface area (Å²) in [7, 11) is -5.56. The Hall–Kier alpha value is -9.33. The van der Waals surface area contributed by atoms with Crippen LogP contribution < -0.4 is 41.5 Å². The number of rotatable bonds is 9. The van der Waals surface area contributed by atoms with Gasteiger partial charge in [-0.2, -0.15) is 0 Å². The second kappa shape index (κ2) is 17.7. The van der Waals surface area contributed by atoms with Gasteiger partial charge >= 0.3 is 0 Å². The van der Waals surface area contributed by atoms with Crippen LogP contribution in [0.4, 0.5) is 0 Å². The fraction of sp³-hybridized carbons (Fsp3) is 0. The first-order valence-electron chi connectivity index (χ1n) is 26.4. The van der Waals surface area contributed by atoms with E-state index in [1.54, 1.807) is 0 Å². The van der Waals surface area contributed by atoms with Crippen molar-refractivity contribution < 1.29 is 0 Å². The van der Waals surface area contributed by atoms with Crippen LogP contribution >= 0.6 is 0 Å². The molecule has 0 bridgehead atoms. The van der Waals surface area contributed by atoms with Crippen molar-refractivity contribution in [3.05, 3.63) is 303 Å². The minimum Gasteiger partial charge on any atom is -0.307 e. The van der Waals surface area contributed by atoms with Crippen LogP contribution in [-0.4, -0.2) is 25.3 Å². The van der Waals surface area contributed by atoms with Gasteiger partial charge in [0, 0.05) is 27.2 Å². The normalized spacial score (nSPS) is 12.8. The lowest BCUT2D eigenvalue weighted by Crippen LogP contribution is -2.74. The summed E-state index contributed by atoms with van der Waals surface area (Å²) in [6.07, 6.45) is 0. The Morgan fingerprint density at radius 3 is 1.36 bits per heavy atom. The van der Waals surface area contributed by atoms with Crippen molar-refractivity contribution in [2.24, 2.45) is 0 Å². The first kappa shape index (κ1) is 44.2. The summed E-state index contributed by atoms with van der Waals surface area (Å²) in [5, 5.41) is 16.1. The number of hydrogen-bond acceptors (Lipinski definition) is 0. The highest BCUT2D eigenvalue weighted by atomic mass is 28.3. The van der Waals surface area contributed by atoms with E-state index >= 15 is 0 Å². The minimum atomic E-state index is -2.81. The Kier molecular flexibility index (Phi) is 10.3. The molecule has 3 heterocycles. The van der Waals surface area contributed by atoms with Gasteiger partial charge in [0.1, 0.15) is 0 Å². The summed E-state index contributed by atoms with van der Waals surface area (Å²) in [6.45, 7) is 0. The highest BCUT2D eigenvalue weighted by molar-refractivity contribution is 7.22. The molecule has 0 spiro atoms. The lowest BCUT2D eigenvalue weighted by atomic mass is 9.98. The quantitative estimate of drug-likeness (QED) is 0.101. The molecule has 14 aromatic rings. The second-order valence-electron chi connectivity index (χ2n) is 20.3. The summed E-state index contributed by atoms with van der Waals surface area (Å²) in [4.78, 5) is 0. The van der Waals surface area contributed by atoms with Gasteiger partial charge in [-0.25, -0.2) is 0 Å². The molecule has 0 saturated carbocycles. The summed E-state index contributed by atoms with van der Waals surface area (Å²) >= 11 is 0. The van der Waals surface area contributed by atoms with Crippen molar-refractivity contribution in [3.8, 4) is 33.6 Å². The zero-order valence-electron chi connectivity index (χ0n) is 41.8. The van der Waals surface area contributed by atoms with Crippen LogP contribution in [0.25, 0.3) is 77.2 Å². The Morgan fingerprint density at radius 1 is 0.289 bits per heavy atom. The number of nitrogens with zero attached hydrogens (tertiary/aromatic N) is 2. The Morgan fingerprint density at radius 2 is 0.737 bits per heavy atom. The summed E-state index contributed by atoms with van der Waals surface area (Å²) in [5.74, 6) is 0. The largest absolute Gasteiger partial charge is 0.307 e. The van der Waals surface area contributed by atoms with Crippen LogP contribution in [0, 0.1) is 0 Å². The van der Waals surface area contributed by atoms with E-state index in [1.165, 1.54) is 107 Å². The molecular formula is C72H50N2Si2. The van der Waals surface area contributed by atoms with E-state index in [4.69, 9.17) is 0 Å². The number of benzene rings is 12. The fourth-order valence-electron chi connectivity index (χ4n) is 13.5. The maximum Gasteiger partial charge on any atom is 0.181 e. The molecular weight excluding hydrogens is 949 g/mol. The smallest absolute Gasteiger partial charge is 0.181 e. The van der Waals surface area contributed by atoms with E-state index in [0.29, 0.717) is 0 Å². The zero-order valence-corrected chi connectivity index (χ0v) is 43.8.